The third kappa shape index (κ3) is 3.33. The number of pyridine rings is 1. The van der Waals surface area contributed by atoms with E-state index in [0.29, 0.717) is 10.7 Å². The largest absolute Gasteiger partial charge is 0.417 e. The first-order valence-electron chi connectivity index (χ1n) is 5.96. The molecule has 19 heavy (non-hydrogen) atoms. The van der Waals surface area contributed by atoms with Gasteiger partial charge in [-0.3, -0.25) is 0 Å². The van der Waals surface area contributed by atoms with Crippen LogP contribution in [-0.2, 0) is 6.18 Å². The van der Waals surface area contributed by atoms with Gasteiger partial charge in [0.1, 0.15) is 5.82 Å². The first-order valence-corrected chi connectivity index (χ1v) is 7.19. The molecular weight excluding hydrogens is 275 g/mol. The molecule has 1 aromatic heterocycles. The van der Waals surface area contributed by atoms with E-state index >= 15 is 0 Å². The number of alkyl halides is 3. The summed E-state index contributed by atoms with van der Waals surface area (Å²) in [5.74, 6) is 0.661. The minimum absolute atomic E-state index is 0.583. The van der Waals surface area contributed by atoms with Crippen LogP contribution in [0.2, 0.25) is 0 Å². The van der Waals surface area contributed by atoms with Gasteiger partial charge in [0, 0.05) is 32.4 Å². The molecule has 0 bridgehead atoms. The van der Waals surface area contributed by atoms with Gasteiger partial charge >= 0.3 is 6.18 Å². The number of anilines is 1. The summed E-state index contributed by atoms with van der Waals surface area (Å²) in [5, 5.41) is 0. The highest BCUT2D eigenvalue weighted by molar-refractivity contribution is 7.98. The Morgan fingerprint density at radius 2 is 1.84 bits per heavy atom. The van der Waals surface area contributed by atoms with E-state index in [0.717, 1.165) is 32.4 Å². The van der Waals surface area contributed by atoms with Crippen LogP contribution in [0, 0.1) is 0 Å². The highest BCUT2D eigenvalue weighted by Crippen LogP contribution is 2.34. The van der Waals surface area contributed by atoms with Gasteiger partial charge < -0.3 is 9.80 Å². The molecule has 0 N–H and O–H groups in total. The Balaban J connectivity index is 2.26. The Morgan fingerprint density at radius 1 is 1.21 bits per heavy atom. The van der Waals surface area contributed by atoms with Crippen LogP contribution in [0.4, 0.5) is 19.0 Å². The van der Waals surface area contributed by atoms with Crippen LogP contribution in [0.15, 0.2) is 17.2 Å². The number of aromatic nitrogens is 1. The van der Waals surface area contributed by atoms with E-state index < -0.39 is 11.7 Å². The van der Waals surface area contributed by atoms with Crippen LogP contribution in [0.5, 0.6) is 0 Å². The maximum absolute atomic E-state index is 12.7. The predicted molar refractivity (Wildman–Crippen MR) is 70.7 cm³/mol. The summed E-state index contributed by atoms with van der Waals surface area (Å²) >= 11 is 1.30. The third-order valence-electron chi connectivity index (χ3n) is 3.18. The average Bonchev–Trinajstić information content (AvgIpc) is 2.38. The fourth-order valence-electron chi connectivity index (χ4n) is 2.00. The lowest BCUT2D eigenvalue weighted by Gasteiger charge is -2.34. The molecule has 0 aromatic carbocycles. The first kappa shape index (κ1) is 14.5. The van der Waals surface area contributed by atoms with Gasteiger partial charge in [0.25, 0.3) is 0 Å². The quantitative estimate of drug-likeness (QED) is 0.780. The summed E-state index contributed by atoms with van der Waals surface area (Å²) in [5.41, 5.74) is -0.685. The molecule has 106 valence electrons. The molecule has 1 fully saturated rings. The summed E-state index contributed by atoms with van der Waals surface area (Å²) in [6.45, 7) is 3.39. The van der Waals surface area contributed by atoms with Crippen LogP contribution in [0.3, 0.4) is 0 Å². The molecule has 1 saturated heterocycles. The van der Waals surface area contributed by atoms with Crippen molar-refractivity contribution in [3.63, 3.8) is 0 Å². The van der Waals surface area contributed by atoms with Gasteiger partial charge in [-0.05, 0) is 19.4 Å². The topological polar surface area (TPSA) is 19.4 Å². The monoisotopic (exact) mass is 291 g/mol. The van der Waals surface area contributed by atoms with Gasteiger partial charge in [-0.2, -0.15) is 13.2 Å². The Labute approximate surface area is 114 Å². The van der Waals surface area contributed by atoms with Gasteiger partial charge in [-0.1, -0.05) is 0 Å². The first-order chi connectivity index (χ1) is 8.91. The fraction of sp³-hybridized carbons (Fsp3) is 0.583. The van der Waals surface area contributed by atoms with E-state index in [4.69, 9.17) is 0 Å². The Morgan fingerprint density at radius 3 is 2.37 bits per heavy atom. The minimum atomic E-state index is -4.34. The van der Waals surface area contributed by atoms with Crippen molar-refractivity contribution in [2.75, 3.05) is 44.4 Å². The van der Waals surface area contributed by atoms with Crippen molar-refractivity contribution in [2.45, 2.75) is 11.1 Å². The zero-order chi connectivity index (χ0) is 14.0. The second-order valence-corrected chi connectivity index (χ2v) is 5.39. The number of thioether (sulfide) groups is 1. The SMILES string of the molecule is CSc1cc(C(F)(F)F)cnc1N1CCN(C)CC1. The second-order valence-electron chi connectivity index (χ2n) is 4.54. The van der Waals surface area contributed by atoms with Crippen molar-refractivity contribution in [1.29, 1.82) is 0 Å². The van der Waals surface area contributed by atoms with Gasteiger partial charge in [0.05, 0.1) is 10.5 Å². The molecule has 1 aromatic rings. The summed E-state index contributed by atoms with van der Waals surface area (Å²) < 4.78 is 38.0. The van der Waals surface area contributed by atoms with Crippen LogP contribution >= 0.6 is 11.8 Å². The van der Waals surface area contributed by atoms with E-state index in [1.54, 1.807) is 6.26 Å². The number of hydrogen-bond acceptors (Lipinski definition) is 4. The summed E-state index contributed by atoms with van der Waals surface area (Å²) in [7, 11) is 2.03. The number of likely N-dealkylation sites (N-methyl/N-ethyl adjacent to an activating group) is 1. The standard InChI is InChI=1S/C12H16F3N3S/c1-17-3-5-18(6-4-17)11-10(19-2)7-9(8-16-11)12(13,14)15/h7-8H,3-6H2,1-2H3. The molecule has 1 aliphatic rings. The zero-order valence-corrected chi connectivity index (χ0v) is 11.7. The lowest BCUT2D eigenvalue weighted by atomic mass is 10.2. The van der Waals surface area contributed by atoms with Crippen molar-refractivity contribution in [3.05, 3.63) is 17.8 Å². The van der Waals surface area contributed by atoms with Crippen molar-refractivity contribution < 1.29 is 13.2 Å². The predicted octanol–water partition coefficient (Wildman–Crippen LogP) is 2.57. The Kier molecular flexibility index (Phi) is 4.25. The number of rotatable bonds is 2. The maximum Gasteiger partial charge on any atom is 0.417 e. The normalized spacial score (nSPS) is 17.8. The van der Waals surface area contributed by atoms with Crippen molar-refractivity contribution in [3.8, 4) is 0 Å². The summed E-state index contributed by atoms with van der Waals surface area (Å²) in [6, 6.07) is 1.19. The lowest BCUT2D eigenvalue weighted by Crippen LogP contribution is -2.45. The van der Waals surface area contributed by atoms with E-state index in [9.17, 15) is 13.2 Å². The highest BCUT2D eigenvalue weighted by Gasteiger charge is 2.32. The molecule has 0 aliphatic carbocycles. The van der Waals surface area contributed by atoms with Crippen LogP contribution < -0.4 is 4.90 Å². The van der Waals surface area contributed by atoms with E-state index in [1.807, 2.05) is 11.9 Å². The average molecular weight is 291 g/mol. The van der Waals surface area contributed by atoms with Gasteiger partial charge in [-0.25, -0.2) is 4.98 Å². The number of nitrogens with zero attached hydrogens (tertiary/aromatic N) is 3. The molecule has 0 radical (unpaired) electrons. The molecule has 0 spiro atoms. The molecule has 0 saturated carbocycles. The maximum atomic E-state index is 12.7. The van der Waals surface area contributed by atoms with Crippen LogP contribution in [0.1, 0.15) is 5.56 Å². The molecule has 2 rings (SSSR count). The molecule has 2 heterocycles. The van der Waals surface area contributed by atoms with Gasteiger partial charge in [0.2, 0.25) is 0 Å². The van der Waals surface area contributed by atoms with Crippen molar-refractivity contribution >= 4 is 17.6 Å². The van der Waals surface area contributed by atoms with E-state index in [1.165, 1.54) is 17.8 Å². The number of hydrogen-bond donors (Lipinski definition) is 0. The molecule has 0 amide bonds. The minimum Gasteiger partial charge on any atom is -0.353 e. The smallest absolute Gasteiger partial charge is 0.353 e. The fourth-order valence-corrected chi connectivity index (χ4v) is 2.61. The Bertz CT molecular complexity index is 442. The van der Waals surface area contributed by atoms with E-state index in [-0.39, 0.29) is 0 Å². The molecule has 0 atom stereocenters. The molecule has 1 aliphatic heterocycles. The Hall–Kier alpha value is -0.950. The van der Waals surface area contributed by atoms with Crippen LogP contribution in [0.25, 0.3) is 0 Å². The molecule has 3 nitrogen and oxygen atoms in total. The molecule has 7 heteroatoms. The summed E-state index contributed by atoms with van der Waals surface area (Å²) in [6.07, 6.45) is -1.64. The highest BCUT2D eigenvalue weighted by atomic mass is 32.2. The van der Waals surface area contributed by atoms with Crippen molar-refractivity contribution in [1.82, 2.24) is 9.88 Å². The van der Waals surface area contributed by atoms with E-state index in [2.05, 4.69) is 9.88 Å². The number of piperazine rings is 1. The summed E-state index contributed by atoms with van der Waals surface area (Å²) in [4.78, 5) is 8.86. The van der Waals surface area contributed by atoms with Gasteiger partial charge in [-0.15, -0.1) is 11.8 Å². The van der Waals surface area contributed by atoms with Crippen LogP contribution in [-0.4, -0.2) is 49.4 Å². The lowest BCUT2D eigenvalue weighted by molar-refractivity contribution is -0.138. The third-order valence-corrected chi connectivity index (χ3v) is 3.92. The molecular formula is C12H16F3N3S. The van der Waals surface area contributed by atoms with Gasteiger partial charge in [0.15, 0.2) is 0 Å². The van der Waals surface area contributed by atoms with Crippen molar-refractivity contribution in [2.24, 2.45) is 0 Å². The number of halogens is 3. The second kappa shape index (κ2) is 5.58. The molecule has 0 unspecified atom stereocenters. The zero-order valence-electron chi connectivity index (χ0n) is 10.9.